The zero-order valence-electron chi connectivity index (χ0n) is 46.4. The highest BCUT2D eigenvalue weighted by atomic mass is 32.2. The van der Waals surface area contributed by atoms with Crippen LogP contribution in [0.15, 0.2) is 54.6 Å². The molecule has 82 heavy (non-hydrogen) atoms. The number of aliphatic hydroxyl groups is 2. The van der Waals surface area contributed by atoms with Crippen molar-refractivity contribution in [2.24, 2.45) is 11.7 Å². The van der Waals surface area contributed by atoms with E-state index in [1.54, 1.807) is 57.4 Å². The van der Waals surface area contributed by atoms with Gasteiger partial charge in [-0.05, 0) is 61.0 Å². The molecule has 11 atom stereocenters. The molecule has 0 spiro atoms. The molecule has 0 saturated carbocycles. The molecule has 1 fully saturated rings. The van der Waals surface area contributed by atoms with Gasteiger partial charge in [-0.3, -0.25) is 47.9 Å². The fourth-order valence-corrected chi connectivity index (χ4v) is 8.26. The van der Waals surface area contributed by atoms with E-state index in [0.29, 0.717) is 29.7 Å². The van der Waals surface area contributed by atoms with Gasteiger partial charge in [-0.15, -0.1) is 0 Å². The predicted octanol–water partition coefficient (Wildman–Crippen LogP) is -3.85. The summed E-state index contributed by atoms with van der Waals surface area (Å²) in [6.07, 6.45) is -0.729. The van der Waals surface area contributed by atoms with Gasteiger partial charge >= 0.3 is 11.9 Å². The molecule has 28 nitrogen and oxygen atoms in total. The van der Waals surface area contributed by atoms with Crippen LogP contribution >= 0.6 is 11.8 Å². The Morgan fingerprint density at radius 1 is 0.744 bits per heavy atom. The number of aliphatic hydroxyl groups excluding tert-OH is 2. The van der Waals surface area contributed by atoms with Crippen LogP contribution in [0.2, 0.25) is 0 Å². The fraction of sp³-hybridized carbons (Fsp3) is 0.566. The molecule has 3 rings (SSSR count). The van der Waals surface area contributed by atoms with E-state index in [2.05, 4.69) is 47.9 Å². The molecule has 454 valence electrons. The topological polar surface area (TPSA) is 431 Å². The van der Waals surface area contributed by atoms with Crippen molar-refractivity contribution in [2.75, 3.05) is 58.2 Å². The normalized spacial score (nSPS) is 20.3. The van der Waals surface area contributed by atoms with Crippen LogP contribution < -0.4 is 53.6 Å². The summed E-state index contributed by atoms with van der Waals surface area (Å²) < 4.78 is 16.2. The van der Waals surface area contributed by atoms with Gasteiger partial charge in [0.05, 0.1) is 45.0 Å². The SMILES string of the molecule is CCC(C)[C@@H]1NC(=O)[C@H](Cc2ccccc2)NC(=O)[C@H](CC(=O)O)NC(=O)[C@@H](NC(=O)[C@@H](NC(=O)[C@H](CO)NC(=O)[C@H](Cc2ccc(O)cc2)NC(=O)COCCOCCNC(=O)[C@@H](N)CC)C(C)O)COC(=O)[C@H](CCSC)NC1=O. The van der Waals surface area contributed by atoms with E-state index in [4.69, 9.17) is 19.9 Å². The van der Waals surface area contributed by atoms with Crippen molar-refractivity contribution in [2.45, 2.75) is 127 Å². The first-order valence-corrected chi connectivity index (χ1v) is 28.0. The first-order valence-electron chi connectivity index (χ1n) is 26.6. The van der Waals surface area contributed by atoms with Crippen LogP contribution in [-0.2, 0) is 79.8 Å². The minimum absolute atomic E-state index is 0.0165. The summed E-state index contributed by atoms with van der Waals surface area (Å²) in [6, 6.07) is -0.163. The highest BCUT2D eigenvalue weighted by Gasteiger charge is 2.38. The molecule has 29 heteroatoms. The third-order valence-electron chi connectivity index (χ3n) is 12.8. The molecule has 2 aromatic carbocycles. The van der Waals surface area contributed by atoms with Gasteiger partial charge in [-0.25, -0.2) is 4.79 Å². The Balaban J connectivity index is 1.89. The van der Waals surface area contributed by atoms with Gasteiger partial charge in [-0.2, -0.15) is 11.8 Å². The van der Waals surface area contributed by atoms with Crippen molar-refractivity contribution in [1.29, 1.82) is 0 Å². The summed E-state index contributed by atoms with van der Waals surface area (Å²) in [5.74, 6) is -12.0. The Labute approximate surface area is 478 Å². The number of amides is 9. The quantitative estimate of drug-likeness (QED) is 0.0263. The van der Waals surface area contributed by atoms with Crippen LogP contribution in [-0.4, -0.2) is 204 Å². The molecule has 0 radical (unpaired) electrons. The van der Waals surface area contributed by atoms with Gasteiger partial charge in [0.15, 0.2) is 0 Å². The number of hydrogen-bond acceptors (Lipinski definition) is 19. The van der Waals surface area contributed by atoms with Gasteiger partial charge in [0.2, 0.25) is 53.2 Å². The molecule has 15 N–H and O–H groups in total. The minimum atomic E-state index is -2.03. The van der Waals surface area contributed by atoms with E-state index < -0.39 is 152 Å². The van der Waals surface area contributed by atoms with Crippen molar-refractivity contribution in [3.63, 3.8) is 0 Å². The van der Waals surface area contributed by atoms with E-state index in [0.717, 1.165) is 6.92 Å². The molecular formula is C53H78N10O18S. The highest BCUT2D eigenvalue weighted by molar-refractivity contribution is 7.98. The summed E-state index contributed by atoms with van der Waals surface area (Å²) in [4.78, 5) is 149. The minimum Gasteiger partial charge on any atom is -0.508 e. The maximum Gasteiger partial charge on any atom is 0.328 e. The third-order valence-corrected chi connectivity index (χ3v) is 13.4. The number of nitrogens with two attached hydrogens (primary N) is 1. The number of nitrogens with one attached hydrogen (secondary N) is 9. The van der Waals surface area contributed by atoms with Gasteiger partial charge in [-0.1, -0.05) is 69.7 Å². The number of benzene rings is 2. The number of thioether (sulfide) groups is 1. The largest absolute Gasteiger partial charge is 0.508 e. The number of phenols is 1. The van der Waals surface area contributed by atoms with Crippen LogP contribution in [0.25, 0.3) is 0 Å². The Hall–Kier alpha value is -7.44. The molecule has 0 aliphatic carbocycles. The number of carboxylic acids is 1. The van der Waals surface area contributed by atoms with Crippen molar-refractivity contribution in [1.82, 2.24) is 47.9 Å². The molecule has 1 aliphatic rings. The van der Waals surface area contributed by atoms with Crippen molar-refractivity contribution >= 4 is 76.9 Å². The fourth-order valence-electron chi connectivity index (χ4n) is 7.79. The second kappa shape index (κ2) is 36.1. The number of rotatable bonds is 30. The summed E-state index contributed by atoms with van der Waals surface area (Å²) in [7, 11) is 0. The van der Waals surface area contributed by atoms with Crippen LogP contribution in [0.1, 0.15) is 64.5 Å². The number of aliphatic carboxylic acids is 1. The lowest BCUT2D eigenvalue weighted by atomic mass is 9.96. The maximum absolute atomic E-state index is 14.2. The van der Waals surface area contributed by atoms with Gasteiger partial charge in [0.1, 0.15) is 67.3 Å². The highest BCUT2D eigenvalue weighted by Crippen LogP contribution is 2.15. The first-order chi connectivity index (χ1) is 39.0. The summed E-state index contributed by atoms with van der Waals surface area (Å²) in [6.45, 7) is 3.82. The number of carboxylic acid groups (broad SMARTS) is 1. The molecule has 9 amide bonds. The van der Waals surface area contributed by atoms with E-state index in [1.165, 1.54) is 36.0 Å². The van der Waals surface area contributed by atoms with Crippen molar-refractivity contribution in [3.05, 3.63) is 65.7 Å². The average molecular weight is 1180 g/mol. The zero-order valence-corrected chi connectivity index (χ0v) is 47.3. The number of ether oxygens (including phenoxy) is 3. The van der Waals surface area contributed by atoms with Gasteiger partial charge in [0.25, 0.3) is 0 Å². The number of esters is 1. The lowest BCUT2D eigenvalue weighted by Gasteiger charge is -2.30. The Kier molecular flexibility index (Phi) is 30.3. The third kappa shape index (κ3) is 23.9. The molecule has 0 bridgehead atoms. The summed E-state index contributed by atoms with van der Waals surface area (Å²) >= 11 is 1.32. The summed E-state index contributed by atoms with van der Waals surface area (Å²) in [5, 5.41) is 62.7. The zero-order chi connectivity index (χ0) is 60.9. The summed E-state index contributed by atoms with van der Waals surface area (Å²) in [5.41, 5.74) is 6.65. The van der Waals surface area contributed by atoms with Crippen molar-refractivity contribution in [3.8, 4) is 5.75 Å². The van der Waals surface area contributed by atoms with Crippen LogP contribution in [0.3, 0.4) is 0 Å². The van der Waals surface area contributed by atoms with Gasteiger partial charge in [0, 0.05) is 19.4 Å². The number of aromatic hydroxyl groups is 1. The number of cyclic esters (lactones) is 1. The number of hydrogen-bond donors (Lipinski definition) is 14. The second-order valence-electron chi connectivity index (χ2n) is 19.2. The van der Waals surface area contributed by atoms with Gasteiger partial charge < -0.3 is 88.2 Å². The van der Waals surface area contributed by atoms with Crippen LogP contribution in [0.4, 0.5) is 0 Å². The first kappa shape index (κ1) is 68.8. The van der Waals surface area contributed by atoms with E-state index in [-0.39, 0.29) is 57.3 Å². The average Bonchev–Trinajstić information content (AvgIpc) is 3.46. The molecule has 0 aromatic heterocycles. The number of phenolic OH excluding ortho intramolecular Hbond substituents is 1. The Morgan fingerprint density at radius 3 is 2.00 bits per heavy atom. The lowest BCUT2D eigenvalue weighted by molar-refractivity contribution is -0.151. The number of carbonyl (C=O) groups is 11. The Bertz CT molecular complexity index is 2460. The molecule has 1 heterocycles. The molecule has 1 saturated heterocycles. The maximum atomic E-state index is 14.2. The monoisotopic (exact) mass is 1170 g/mol. The molecular weight excluding hydrogens is 1100 g/mol. The van der Waals surface area contributed by atoms with Crippen LogP contribution in [0.5, 0.6) is 5.75 Å². The molecule has 1 aliphatic heterocycles. The predicted molar refractivity (Wildman–Crippen MR) is 295 cm³/mol. The van der Waals surface area contributed by atoms with E-state index >= 15 is 0 Å². The smallest absolute Gasteiger partial charge is 0.328 e. The molecule has 2 aromatic rings. The van der Waals surface area contributed by atoms with E-state index in [9.17, 15) is 73.2 Å². The molecule has 2 unspecified atom stereocenters. The van der Waals surface area contributed by atoms with E-state index in [1.807, 2.05) is 0 Å². The standard InChI is InChI=1S/C53H78N10O18S/c1-6-29(3)43-51(76)57-35(17-22-82-5)53(78)81-27-40(50(75)59-38(25-42(68)69)47(72)58-37(48(73)62-43)23-31-11-9-8-10-12-31)61-52(77)44(30(4)65)63-49(74)39(26-64)60-46(71)36(24-32-13-15-33(66)16-14-32)56-41(67)28-80-21-20-79-19-18-55-45(70)34(54)7-2/h8-16,29-30,34-40,43-44,64-66H,6-7,17-28,54H2,1-5H3,(H,55,70)(H,56,67)(H,57,76)(H,58,72)(H,59,75)(H,60,71)(H,61,77)(H,62,73)(H,63,74)(H,68,69)/t29?,30?,34-,35-,36-,37-,38-,39-,40-,43-,44-/m0/s1. The number of carbonyl (C=O) groups excluding carboxylic acids is 10. The lowest BCUT2D eigenvalue weighted by Crippen LogP contribution is -2.63. The Morgan fingerprint density at radius 2 is 1.38 bits per heavy atom. The van der Waals surface area contributed by atoms with Crippen LogP contribution in [0, 0.1) is 5.92 Å². The van der Waals surface area contributed by atoms with Crippen molar-refractivity contribution < 1.29 is 87.4 Å². The second-order valence-corrected chi connectivity index (χ2v) is 20.2.